The summed E-state index contributed by atoms with van der Waals surface area (Å²) in [5.74, 6) is 0.897. The SMILES string of the molecule is CCc1cc(CC(=O)N2CCC(c3ccc(NC)cc3)=N2)ccc1OC. The number of nitrogens with zero attached hydrogens (tertiary/aromatic N) is 2. The summed E-state index contributed by atoms with van der Waals surface area (Å²) < 4.78 is 5.35. The minimum absolute atomic E-state index is 0.0269. The number of benzene rings is 2. The summed E-state index contributed by atoms with van der Waals surface area (Å²) in [5.41, 5.74) is 5.20. The smallest absolute Gasteiger partial charge is 0.247 e. The maximum absolute atomic E-state index is 12.6. The Morgan fingerprint density at radius 2 is 2.00 bits per heavy atom. The minimum atomic E-state index is 0.0269. The van der Waals surface area contributed by atoms with Gasteiger partial charge in [0.1, 0.15) is 5.75 Å². The fraction of sp³-hybridized carbons (Fsp3) is 0.333. The maximum atomic E-state index is 12.6. The topological polar surface area (TPSA) is 53.9 Å². The van der Waals surface area contributed by atoms with E-state index in [9.17, 15) is 4.79 Å². The number of hydrogen-bond acceptors (Lipinski definition) is 4. The fourth-order valence-corrected chi connectivity index (χ4v) is 3.15. The molecular formula is C21H25N3O2. The van der Waals surface area contributed by atoms with E-state index in [0.717, 1.165) is 46.7 Å². The van der Waals surface area contributed by atoms with Crippen molar-refractivity contribution in [2.75, 3.05) is 26.0 Å². The van der Waals surface area contributed by atoms with E-state index < -0.39 is 0 Å². The van der Waals surface area contributed by atoms with Gasteiger partial charge in [0.15, 0.2) is 0 Å². The van der Waals surface area contributed by atoms with E-state index >= 15 is 0 Å². The number of hydrogen-bond donors (Lipinski definition) is 1. The summed E-state index contributed by atoms with van der Waals surface area (Å²) in [6, 6.07) is 14.0. The highest BCUT2D eigenvalue weighted by Gasteiger charge is 2.22. The lowest BCUT2D eigenvalue weighted by molar-refractivity contribution is -0.130. The molecule has 1 heterocycles. The van der Waals surface area contributed by atoms with Gasteiger partial charge in [-0.1, -0.05) is 31.2 Å². The van der Waals surface area contributed by atoms with E-state index in [1.807, 2.05) is 49.5 Å². The Morgan fingerprint density at radius 1 is 1.23 bits per heavy atom. The third-order valence-corrected chi connectivity index (χ3v) is 4.68. The molecule has 5 nitrogen and oxygen atoms in total. The third-order valence-electron chi connectivity index (χ3n) is 4.68. The first-order valence-electron chi connectivity index (χ1n) is 8.96. The van der Waals surface area contributed by atoms with Gasteiger partial charge >= 0.3 is 0 Å². The zero-order chi connectivity index (χ0) is 18.5. The first-order valence-corrected chi connectivity index (χ1v) is 8.96. The van der Waals surface area contributed by atoms with Crippen LogP contribution in [-0.2, 0) is 17.6 Å². The lowest BCUT2D eigenvalue weighted by atomic mass is 10.0. The highest BCUT2D eigenvalue weighted by atomic mass is 16.5. The number of rotatable bonds is 6. The highest BCUT2D eigenvalue weighted by Crippen LogP contribution is 2.22. The quantitative estimate of drug-likeness (QED) is 0.867. The molecule has 0 aromatic heterocycles. The zero-order valence-electron chi connectivity index (χ0n) is 15.6. The van der Waals surface area contributed by atoms with Gasteiger partial charge in [-0.15, -0.1) is 0 Å². The van der Waals surface area contributed by atoms with E-state index in [1.165, 1.54) is 0 Å². The number of hydrazone groups is 1. The fourth-order valence-electron chi connectivity index (χ4n) is 3.15. The number of anilines is 1. The second-order valence-electron chi connectivity index (χ2n) is 6.32. The van der Waals surface area contributed by atoms with Gasteiger partial charge in [-0.25, -0.2) is 5.01 Å². The first-order chi connectivity index (χ1) is 12.6. The van der Waals surface area contributed by atoms with Crippen molar-refractivity contribution in [2.45, 2.75) is 26.2 Å². The average Bonchev–Trinajstić information content (AvgIpc) is 3.18. The van der Waals surface area contributed by atoms with Gasteiger partial charge in [0.25, 0.3) is 0 Å². The van der Waals surface area contributed by atoms with Crippen LogP contribution in [0.5, 0.6) is 5.75 Å². The number of aryl methyl sites for hydroxylation is 1. The van der Waals surface area contributed by atoms with E-state index in [4.69, 9.17) is 4.74 Å². The Kier molecular flexibility index (Phi) is 5.56. The molecule has 0 radical (unpaired) electrons. The second-order valence-corrected chi connectivity index (χ2v) is 6.32. The number of nitrogens with one attached hydrogen (secondary N) is 1. The molecule has 1 N–H and O–H groups in total. The van der Waals surface area contributed by atoms with Crippen LogP contribution in [0.2, 0.25) is 0 Å². The second kappa shape index (κ2) is 8.04. The third kappa shape index (κ3) is 3.87. The number of carbonyl (C=O) groups is 1. The molecule has 0 atom stereocenters. The van der Waals surface area contributed by atoms with Crippen LogP contribution in [0.1, 0.15) is 30.0 Å². The van der Waals surface area contributed by atoms with Crippen LogP contribution >= 0.6 is 0 Å². The van der Waals surface area contributed by atoms with Crippen LogP contribution in [-0.4, -0.2) is 37.3 Å². The molecule has 0 spiro atoms. The number of methoxy groups -OCH3 is 1. The molecule has 0 aliphatic carbocycles. The largest absolute Gasteiger partial charge is 0.496 e. The van der Waals surface area contributed by atoms with Gasteiger partial charge in [-0.2, -0.15) is 5.10 Å². The molecule has 0 unspecified atom stereocenters. The molecule has 5 heteroatoms. The molecule has 2 aromatic carbocycles. The molecule has 2 aromatic rings. The Bertz CT molecular complexity index is 813. The molecule has 0 bridgehead atoms. The summed E-state index contributed by atoms with van der Waals surface area (Å²) in [5, 5.41) is 9.24. The molecule has 0 fully saturated rings. The van der Waals surface area contributed by atoms with E-state index in [1.54, 1.807) is 12.1 Å². The van der Waals surface area contributed by atoms with Crippen molar-refractivity contribution in [3.63, 3.8) is 0 Å². The molecule has 1 amide bonds. The normalized spacial score (nSPS) is 13.5. The first kappa shape index (κ1) is 18.0. The van der Waals surface area contributed by atoms with Gasteiger partial charge in [0, 0.05) is 19.2 Å². The molecule has 3 rings (SSSR count). The number of ether oxygens (including phenoxy) is 1. The van der Waals surface area contributed by atoms with Crippen molar-refractivity contribution in [3.8, 4) is 5.75 Å². The van der Waals surface area contributed by atoms with E-state index in [0.29, 0.717) is 13.0 Å². The summed E-state index contributed by atoms with van der Waals surface area (Å²) in [7, 11) is 3.56. The summed E-state index contributed by atoms with van der Waals surface area (Å²) in [4.78, 5) is 12.6. The standard InChI is InChI=1S/C21H25N3O2/c1-4-16-13-15(5-10-20(16)26-3)14-21(25)24-12-11-19(23-24)17-6-8-18(22-2)9-7-17/h5-10,13,22H,4,11-12,14H2,1-3H3. The average molecular weight is 351 g/mol. The van der Waals surface area contributed by atoms with Gasteiger partial charge in [0.2, 0.25) is 5.91 Å². The minimum Gasteiger partial charge on any atom is -0.496 e. The van der Waals surface area contributed by atoms with E-state index in [2.05, 4.69) is 17.3 Å². The van der Waals surface area contributed by atoms with Crippen molar-refractivity contribution in [1.29, 1.82) is 0 Å². The molecular weight excluding hydrogens is 326 g/mol. The highest BCUT2D eigenvalue weighted by molar-refractivity contribution is 6.02. The molecule has 0 saturated carbocycles. The Morgan fingerprint density at radius 3 is 2.65 bits per heavy atom. The van der Waals surface area contributed by atoms with Crippen molar-refractivity contribution in [1.82, 2.24) is 5.01 Å². The Labute approximate surface area is 154 Å². The van der Waals surface area contributed by atoms with Gasteiger partial charge in [0.05, 0.1) is 25.8 Å². The Balaban J connectivity index is 1.69. The molecule has 1 aliphatic rings. The van der Waals surface area contributed by atoms with Crippen LogP contribution in [0.25, 0.3) is 0 Å². The zero-order valence-corrected chi connectivity index (χ0v) is 15.6. The van der Waals surface area contributed by atoms with Gasteiger partial charge < -0.3 is 10.1 Å². The van der Waals surface area contributed by atoms with Gasteiger partial charge in [-0.3, -0.25) is 4.79 Å². The van der Waals surface area contributed by atoms with Crippen molar-refractivity contribution in [3.05, 3.63) is 59.2 Å². The van der Waals surface area contributed by atoms with Crippen LogP contribution in [0, 0.1) is 0 Å². The van der Waals surface area contributed by atoms with E-state index in [-0.39, 0.29) is 5.91 Å². The predicted octanol–water partition coefficient (Wildman–Crippen LogP) is 3.48. The monoisotopic (exact) mass is 351 g/mol. The predicted molar refractivity (Wildman–Crippen MR) is 105 cm³/mol. The van der Waals surface area contributed by atoms with Crippen LogP contribution < -0.4 is 10.1 Å². The van der Waals surface area contributed by atoms with Crippen LogP contribution in [0.15, 0.2) is 47.6 Å². The molecule has 1 aliphatic heterocycles. The summed E-state index contributed by atoms with van der Waals surface area (Å²) >= 11 is 0. The molecule has 136 valence electrons. The number of amides is 1. The lowest BCUT2D eigenvalue weighted by Crippen LogP contribution is -2.25. The lowest BCUT2D eigenvalue weighted by Gasteiger charge is -2.13. The summed E-state index contributed by atoms with van der Waals surface area (Å²) in [6.07, 6.45) is 2.01. The van der Waals surface area contributed by atoms with Crippen molar-refractivity contribution in [2.24, 2.45) is 5.10 Å². The van der Waals surface area contributed by atoms with Crippen molar-refractivity contribution < 1.29 is 9.53 Å². The number of carbonyl (C=O) groups excluding carboxylic acids is 1. The van der Waals surface area contributed by atoms with Gasteiger partial charge in [-0.05, 0) is 41.3 Å². The van der Waals surface area contributed by atoms with Crippen LogP contribution in [0.3, 0.4) is 0 Å². The molecule has 26 heavy (non-hydrogen) atoms. The summed E-state index contributed by atoms with van der Waals surface area (Å²) in [6.45, 7) is 2.72. The molecule has 0 saturated heterocycles. The van der Waals surface area contributed by atoms with Crippen LogP contribution in [0.4, 0.5) is 5.69 Å². The van der Waals surface area contributed by atoms with Crippen molar-refractivity contribution >= 4 is 17.3 Å². The maximum Gasteiger partial charge on any atom is 0.247 e. The Hall–Kier alpha value is -2.82.